The van der Waals surface area contributed by atoms with E-state index in [1.165, 1.54) is 148 Å². The number of aliphatic hydroxyl groups excluding tert-OH is 1. The molecule has 0 aromatic heterocycles. The molecule has 6 atom stereocenters. The van der Waals surface area contributed by atoms with Crippen LogP contribution in [0.2, 0.25) is 0 Å². The molecule has 0 saturated carbocycles. The Kier molecular flexibility index (Phi) is 58.7. The van der Waals surface area contributed by atoms with Crippen molar-refractivity contribution in [2.45, 2.75) is 362 Å². The summed E-state index contributed by atoms with van der Waals surface area (Å²) < 4.78 is 68.2. The highest BCUT2D eigenvalue weighted by Crippen LogP contribution is 2.45. The van der Waals surface area contributed by atoms with Crippen LogP contribution in [0.3, 0.4) is 0 Å². The molecule has 0 aliphatic rings. The monoisotopic (exact) mass is 1300 g/mol. The molecule has 3 unspecified atom stereocenters. The van der Waals surface area contributed by atoms with E-state index in [1.54, 1.807) is 0 Å². The Morgan fingerprint density at radius 1 is 0.330 bits per heavy atom. The van der Waals surface area contributed by atoms with E-state index in [2.05, 4.69) is 48.5 Å². The Balaban J connectivity index is 5.22. The van der Waals surface area contributed by atoms with Gasteiger partial charge in [-0.2, -0.15) is 0 Å². The lowest BCUT2D eigenvalue weighted by atomic mass is 9.99. The number of carbonyl (C=O) groups excluding carboxylic acids is 4. The summed E-state index contributed by atoms with van der Waals surface area (Å²) in [6.07, 6.45) is 43.1. The normalized spacial score (nSPS) is 14.5. The molecule has 0 aliphatic heterocycles. The van der Waals surface area contributed by atoms with Gasteiger partial charge in [-0.15, -0.1) is 0 Å². The Bertz CT molecular complexity index is 1730. The second-order valence-corrected chi connectivity index (χ2v) is 29.0. The van der Waals surface area contributed by atoms with Crippen LogP contribution in [0.5, 0.6) is 0 Å². The van der Waals surface area contributed by atoms with E-state index in [0.717, 1.165) is 114 Å². The van der Waals surface area contributed by atoms with Crippen LogP contribution in [0.1, 0.15) is 344 Å². The molecule has 0 fully saturated rings. The third kappa shape index (κ3) is 61.6. The Morgan fingerprint density at radius 2 is 0.580 bits per heavy atom. The third-order valence-electron chi connectivity index (χ3n) is 16.2. The lowest BCUT2D eigenvalue weighted by molar-refractivity contribution is -0.161. The molecule has 0 radical (unpaired) electrons. The smallest absolute Gasteiger partial charge is 0.462 e. The molecule has 88 heavy (non-hydrogen) atoms. The highest BCUT2D eigenvalue weighted by atomic mass is 31.2. The molecule has 0 saturated heterocycles. The van der Waals surface area contributed by atoms with Crippen molar-refractivity contribution >= 4 is 39.5 Å². The average Bonchev–Trinajstić information content (AvgIpc) is 3.42. The van der Waals surface area contributed by atoms with E-state index in [4.69, 9.17) is 37.0 Å². The summed E-state index contributed by atoms with van der Waals surface area (Å²) in [4.78, 5) is 72.4. The molecule has 0 spiro atoms. The van der Waals surface area contributed by atoms with Crippen molar-refractivity contribution in [1.29, 1.82) is 0 Å². The van der Waals surface area contributed by atoms with Crippen LogP contribution < -0.4 is 0 Å². The van der Waals surface area contributed by atoms with E-state index < -0.39 is 97.5 Å². The summed E-state index contributed by atoms with van der Waals surface area (Å²) in [6.45, 7) is 11.8. The molecule has 0 aliphatic carbocycles. The first-order valence-electron chi connectivity index (χ1n) is 35.9. The highest BCUT2D eigenvalue weighted by Gasteiger charge is 2.30. The number of esters is 4. The fourth-order valence-corrected chi connectivity index (χ4v) is 11.9. The summed E-state index contributed by atoms with van der Waals surface area (Å²) in [5, 5.41) is 10.6. The number of rotatable bonds is 67. The minimum Gasteiger partial charge on any atom is -0.462 e. The molecule has 0 heterocycles. The molecule has 522 valence electrons. The van der Waals surface area contributed by atoms with Gasteiger partial charge >= 0.3 is 39.5 Å². The second-order valence-electron chi connectivity index (χ2n) is 26.1. The molecule has 19 heteroatoms. The molecule has 0 rings (SSSR count). The van der Waals surface area contributed by atoms with Crippen LogP contribution in [0, 0.1) is 17.8 Å². The minimum atomic E-state index is -4.95. The van der Waals surface area contributed by atoms with Gasteiger partial charge in [0, 0.05) is 25.7 Å². The van der Waals surface area contributed by atoms with E-state index in [1.807, 2.05) is 0 Å². The predicted molar refractivity (Wildman–Crippen MR) is 354 cm³/mol. The first-order chi connectivity index (χ1) is 42.3. The van der Waals surface area contributed by atoms with Gasteiger partial charge in [-0.3, -0.25) is 37.3 Å². The lowest BCUT2D eigenvalue weighted by Gasteiger charge is -2.21. The number of phosphoric acid groups is 2. The Hall–Kier alpha value is -1.94. The van der Waals surface area contributed by atoms with Crippen molar-refractivity contribution in [3.05, 3.63) is 0 Å². The SMILES string of the molecule is CCCCCCCCCCC(=O)OC[C@H](COP(=O)(O)OC[C@H](O)COP(=O)(O)OC[C@@H](COC(=O)CCCCCCCCCCC(C)CC)OC(=O)CCCCCCCCCCCCCCCCC(C)C)OC(=O)CCCCCCCCCCC(C)C. The fourth-order valence-electron chi connectivity index (χ4n) is 10.3. The number of unbranched alkanes of at least 4 members (excludes halogenated alkanes) is 34. The first kappa shape index (κ1) is 86.1. The molecular formula is C69H134O17P2. The standard InChI is InChI=1S/C69H134O17P2/c1-8-10-11-12-13-29-36-43-50-66(71)79-56-64(86-69(74)53-46-39-32-24-22-27-34-41-48-61(5)6)58-83-87(75,76)81-54-63(70)55-82-88(77,78)84-59-65(57-80-67(72)51-44-37-30-25-23-28-35-42-49-62(7)9-2)85-68(73)52-45-38-31-21-19-17-15-14-16-18-20-26-33-40-47-60(3)4/h60-65,70H,8-59H2,1-7H3,(H,75,76)(H,77,78)/t62?,63-,64+,65+/m0/s1. The topological polar surface area (TPSA) is 237 Å². The average molecular weight is 1300 g/mol. The van der Waals surface area contributed by atoms with Crippen molar-refractivity contribution in [2.75, 3.05) is 39.6 Å². The van der Waals surface area contributed by atoms with Gasteiger partial charge in [0.2, 0.25) is 0 Å². The summed E-state index contributed by atoms with van der Waals surface area (Å²) in [7, 11) is -9.90. The van der Waals surface area contributed by atoms with Gasteiger partial charge < -0.3 is 33.8 Å². The van der Waals surface area contributed by atoms with Crippen LogP contribution in [0.15, 0.2) is 0 Å². The van der Waals surface area contributed by atoms with Crippen molar-refractivity contribution in [1.82, 2.24) is 0 Å². The van der Waals surface area contributed by atoms with E-state index in [9.17, 15) is 43.2 Å². The maximum absolute atomic E-state index is 13.0. The maximum atomic E-state index is 13.0. The number of carbonyl (C=O) groups is 4. The van der Waals surface area contributed by atoms with Gasteiger partial charge in [-0.25, -0.2) is 9.13 Å². The molecule has 0 aromatic carbocycles. The highest BCUT2D eigenvalue weighted by molar-refractivity contribution is 7.47. The maximum Gasteiger partial charge on any atom is 0.472 e. The number of hydrogen-bond acceptors (Lipinski definition) is 15. The zero-order valence-electron chi connectivity index (χ0n) is 57.2. The summed E-state index contributed by atoms with van der Waals surface area (Å²) in [5.41, 5.74) is 0. The number of ether oxygens (including phenoxy) is 4. The predicted octanol–water partition coefficient (Wildman–Crippen LogP) is 19.5. The Labute approximate surface area is 537 Å². The largest absolute Gasteiger partial charge is 0.472 e. The number of hydrogen-bond donors (Lipinski definition) is 3. The zero-order valence-corrected chi connectivity index (χ0v) is 59.0. The van der Waals surface area contributed by atoms with Gasteiger partial charge in [0.25, 0.3) is 0 Å². The van der Waals surface area contributed by atoms with Crippen LogP contribution in [-0.4, -0.2) is 96.7 Å². The van der Waals surface area contributed by atoms with Crippen molar-refractivity contribution < 1.29 is 80.2 Å². The first-order valence-corrected chi connectivity index (χ1v) is 38.9. The summed E-state index contributed by atoms with van der Waals surface area (Å²) in [6, 6.07) is 0. The summed E-state index contributed by atoms with van der Waals surface area (Å²) in [5.74, 6) is 0.159. The molecule has 0 amide bonds. The Morgan fingerprint density at radius 3 is 0.864 bits per heavy atom. The van der Waals surface area contributed by atoms with Crippen molar-refractivity contribution in [2.24, 2.45) is 17.8 Å². The van der Waals surface area contributed by atoms with E-state index in [0.29, 0.717) is 25.7 Å². The number of aliphatic hydroxyl groups is 1. The molecule has 17 nitrogen and oxygen atoms in total. The van der Waals surface area contributed by atoms with Gasteiger partial charge in [-0.1, -0.05) is 292 Å². The van der Waals surface area contributed by atoms with Gasteiger partial charge in [0.1, 0.15) is 19.3 Å². The van der Waals surface area contributed by atoms with Crippen LogP contribution in [-0.2, 0) is 65.4 Å². The molecular weight excluding hydrogens is 1160 g/mol. The zero-order chi connectivity index (χ0) is 65.2. The molecule has 3 N–H and O–H groups in total. The van der Waals surface area contributed by atoms with Crippen LogP contribution in [0.4, 0.5) is 0 Å². The fraction of sp³-hybridized carbons (Fsp3) is 0.942. The summed E-state index contributed by atoms with van der Waals surface area (Å²) >= 11 is 0. The van der Waals surface area contributed by atoms with Gasteiger partial charge in [0.15, 0.2) is 12.2 Å². The van der Waals surface area contributed by atoms with E-state index in [-0.39, 0.29) is 25.7 Å². The third-order valence-corrected chi connectivity index (χ3v) is 18.1. The van der Waals surface area contributed by atoms with Crippen LogP contribution in [0.25, 0.3) is 0 Å². The van der Waals surface area contributed by atoms with Crippen molar-refractivity contribution in [3.8, 4) is 0 Å². The number of phosphoric ester groups is 2. The van der Waals surface area contributed by atoms with Crippen molar-refractivity contribution in [3.63, 3.8) is 0 Å². The van der Waals surface area contributed by atoms with Crippen LogP contribution >= 0.6 is 15.6 Å². The lowest BCUT2D eigenvalue weighted by Crippen LogP contribution is -2.30. The van der Waals surface area contributed by atoms with Gasteiger partial charge in [-0.05, 0) is 43.4 Å². The second kappa shape index (κ2) is 60.0. The molecule has 0 bridgehead atoms. The molecule has 0 aromatic rings. The van der Waals surface area contributed by atoms with E-state index >= 15 is 0 Å². The van der Waals surface area contributed by atoms with Gasteiger partial charge in [0.05, 0.1) is 26.4 Å². The minimum absolute atomic E-state index is 0.104. The quantitative estimate of drug-likeness (QED) is 0.0222.